The van der Waals surface area contributed by atoms with Gasteiger partial charge in [0.15, 0.2) is 0 Å². The Morgan fingerprint density at radius 1 is 1.35 bits per heavy atom. The molecule has 0 fully saturated rings. The molecule has 0 saturated carbocycles. The van der Waals surface area contributed by atoms with Gasteiger partial charge in [-0.2, -0.15) is 5.10 Å². The zero-order valence-corrected chi connectivity index (χ0v) is 11.0. The Balaban J connectivity index is 1.93. The highest BCUT2D eigenvalue weighted by molar-refractivity contribution is 6.04. The van der Waals surface area contributed by atoms with Crippen LogP contribution in [0.2, 0.25) is 0 Å². The van der Waals surface area contributed by atoms with Crippen LogP contribution >= 0.6 is 0 Å². The number of aromatic nitrogens is 4. The van der Waals surface area contributed by atoms with Crippen molar-refractivity contribution >= 4 is 22.5 Å². The first-order chi connectivity index (χ1) is 9.54. The first-order valence-corrected chi connectivity index (χ1v) is 6.03. The third kappa shape index (κ3) is 1.99. The maximum absolute atomic E-state index is 12.0. The summed E-state index contributed by atoms with van der Waals surface area (Å²) in [7, 11) is 3.50. The summed E-state index contributed by atoms with van der Waals surface area (Å²) in [6, 6.07) is 5.19. The maximum Gasteiger partial charge on any atom is 0.272 e. The van der Waals surface area contributed by atoms with Gasteiger partial charge in [-0.1, -0.05) is 0 Å². The largest absolute Gasteiger partial charge is 0.322 e. The number of nitrogens with zero attached hydrogens (tertiary/aromatic N) is 3. The predicted molar refractivity (Wildman–Crippen MR) is 74.7 cm³/mol. The van der Waals surface area contributed by atoms with E-state index in [-0.39, 0.29) is 11.5 Å². The fourth-order valence-corrected chi connectivity index (χ4v) is 2.10. The topological polar surface area (TPSA) is 84.7 Å². The molecule has 3 rings (SSSR count). The van der Waals surface area contributed by atoms with Gasteiger partial charge in [0.05, 0.1) is 22.7 Å². The van der Waals surface area contributed by atoms with Crippen LogP contribution in [-0.4, -0.2) is 25.5 Å². The molecule has 0 radical (unpaired) electrons. The van der Waals surface area contributed by atoms with Crippen molar-refractivity contribution in [3.8, 4) is 0 Å². The summed E-state index contributed by atoms with van der Waals surface area (Å²) in [4.78, 5) is 23.7. The molecule has 0 aliphatic rings. The van der Waals surface area contributed by atoms with Gasteiger partial charge in [0.2, 0.25) is 0 Å². The number of fused-ring (bicyclic) bond motifs is 1. The van der Waals surface area contributed by atoms with Gasteiger partial charge in [-0.3, -0.25) is 24.1 Å². The lowest BCUT2D eigenvalue weighted by molar-refractivity contribution is 0.102. The molecule has 0 unspecified atom stereocenters. The summed E-state index contributed by atoms with van der Waals surface area (Å²) in [5, 5.41) is 9.89. The standard InChI is InChI=1S/C13H13N5O2/c1-17-7-8(6-14-17)12(19)15-9-3-4-11-10(5-9)13(20)16-18(11)2/h3-7H,1-2H3,(H,15,19)(H,16,20). The minimum absolute atomic E-state index is 0.181. The van der Waals surface area contributed by atoms with E-state index < -0.39 is 0 Å². The number of hydrogen-bond acceptors (Lipinski definition) is 3. The van der Waals surface area contributed by atoms with E-state index in [2.05, 4.69) is 15.5 Å². The Bertz CT molecular complexity index is 855. The molecule has 0 atom stereocenters. The summed E-state index contributed by atoms with van der Waals surface area (Å²) < 4.78 is 3.20. The van der Waals surface area contributed by atoms with Gasteiger partial charge in [0, 0.05) is 26.0 Å². The Morgan fingerprint density at radius 3 is 2.85 bits per heavy atom. The maximum atomic E-state index is 12.0. The minimum atomic E-state index is -0.259. The average molecular weight is 271 g/mol. The van der Waals surface area contributed by atoms with E-state index in [1.165, 1.54) is 6.20 Å². The summed E-state index contributed by atoms with van der Waals surface area (Å²) in [6.07, 6.45) is 3.12. The van der Waals surface area contributed by atoms with E-state index >= 15 is 0 Å². The first kappa shape index (κ1) is 12.2. The fourth-order valence-electron chi connectivity index (χ4n) is 2.10. The van der Waals surface area contributed by atoms with Crippen LogP contribution in [0.5, 0.6) is 0 Å². The smallest absolute Gasteiger partial charge is 0.272 e. The molecule has 2 N–H and O–H groups in total. The van der Waals surface area contributed by atoms with Crippen molar-refractivity contribution in [2.75, 3.05) is 5.32 Å². The summed E-state index contributed by atoms with van der Waals surface area (Å²) >= 11 is 0. The number of amides is 1. The SMILES string of the molecule is Cn1cc(C(=O)Nc2ccc3c(c2)c(=O)[nH]n3C)cn1. The number of benzene rings is 1. The molecule has 7 heteroatoms. The number of carbonyl (C=O) groups excluding carboxylic acids is 1. The second kappa shape index (κ2) is 4.37. The molecule has 1 amide bonds. The quantitative estimate of drug-likeness (QED) is 0.724. The predicted octanol–water partition coefficient (Wildman–Crippen LogP) is 0.852. The molecular weight excluding hydrogens is 258 g/mol. The fraction of sp³-hybridized carbons (Fsp3) is 0.154. The molecule has 0 aliphatic carbocycles. The molecule has 102 valence electrons. The minimum Gasteiger partial charge on any atom is -0.322 e. The number of aromatic amines is 1. The van der Waals surface area contributed by atoms with Crippen molar-refractivity contribution in [1.29, 1.82) is 0 Å². The van der Waals surface area contributed by atoms with E-state index in [4.69, 9.17) is 0 Å². The second-order valence-corrected chi connectivity index (χ2v) is 4.59. The van der Waals surface area contributed by atoms with Crippen LogP contribution in [-0.2, 0) is 14.1 Å². The number of H-pyrrole nitrogens is 1. The monoisotopic (exact) mass is 271 g/mol. The lowest BCUT2D eigenvalue weighted by atomic mass is 10.2. The van der Waals surface area contributed by atoms with E-state index in [1.807, 2.05) is 0 Å². The third-order valence-corrected chi connectivity index (χ3v) is 3.10. The van der Waals surface area contributed by atoms with Gasteiger partial charge >= 0.3 is 0 Å². The second-order valence-electron chi connectivity index (χ2n) is 4.59. The lowest BCUT2D eigenvalue weighted by Gasteiger charge is -2.03. The Morgan fingerprint density at radius 2 is 2.15 bits per heavy atom. The van der Waals surface area contributed by atoms with Crippen LogP contribution in [0.4, 0.5) is 5.69 Å². The number of carbonyl (C=O) groups is 1. The summed E-state index contributed by atoms with van der Waals surface area (Å²) in [5.74, 6) is -0.259. The van der Waals surface area contributed by atoms with Crippen LogP contribution < -0.4 is 10.9 Å². The molecule has 0 spiro atoms. The van der Waals surface area contributed by atoms with Crippen LogP contribution in [0.15, 0.2) is 35.4 Å². The molecular formula is C13H13N5O2. The molecule has 1 aromatic carbocycles. The average Bonchev–Trinajstić information content (AvgIpc) is 2.95. The van der Waals surface area contributed by atoms with Gasteiger partial charge in [-0.15, -0.1) is 0 Å². The molecule has 3 aromatic rings. The van der Waals surface area contributed by atoms with Gasteiger partial charge in [0.25, 0.3) is 11.5 Å². The number of hydrogen-bond donors (Lipinski definition) is 2. The van der Waals surface area contributed by atoms with Crippen molar-refractivity contribution in [3.63, 3.8) is 0 Å². The van der Waals surface area contributed by atoms with Crippen LogP contribution in [0.1, 0.15) is 10.4 Å². The third-order valence-electron chi connectivity index (χ3n) is 3.10. The van der Waals surface area contributed by atoms with E-state index in [0.29, 0.717) is 16.6 Å². The van der Waals surface area contributed by atoms with Crippen LogP contribution in [0.3, 0.4) is 0 Å². The number of anilines is 1. The molecule has 20 heavy (non-hydrogen) atoms. The normalized spacial score (nSPS) is 10.9. The van der Waals surface area contributed by atoms with Crippen molar-refractivity contribution < 1.29 is 4.79 Å². The van der Waals surface area contributed by atoms with E-state index in [0.717, 1.165) is 5.52 Å². The zero-order valence-electron chi connectivity index (χ0n) is 11.0. The molecule has 2 heterocycles. The van der Waals surface area contributed by atoms with Gasteiger partial charge < -0.3 is 5.32 Å². The Kier molecular flexibility index (Phi) is 2.67. The molecule has 0 aliphatic heterocycles. The molecule has 0 saturated heterocycles. The Hall–Kier alpha value is -2.83. The Labute approximate surface area is 113 Å². The van der Waals surface area contributed by atoms with E-state index in [9.17, 15) is 9.59 Å². The van der Waals surface area contributed by atoms with Gasteiger partial charge in [0.1, 0.15) is 0 Å². The van der Waals surface area contributed by atoms with Crippen molar-refractivity contribution in [1.82, 2.24) is 19.6 Å². The number of aryl methyl sites for hydroxylation is 2. The number of nitrogens with one attached hydrogen (secondary N) is 2. The molecule has 7 nitrogen and oxygen atoms in total. The van der Waals surface area contributed by atoms with Crippen molar-refractivity contribution in [2.45, 2.75) is 0 Å². The van der Waals surface area contributed by atoms with Crippen molar-refractivity contribution in [3.05, 3.63) is 46.5 Å². The zero-order chi connectivity index (χ0) is 14.3. The van der Waals surface area contributed by atoms with Gasteiger partial charge in [-0.05, 0) is 18.2 Å². The van der Waals surface area contributed by atoms with E-state index in [1.54, 1.807) is 47.9 Å². The summed E-state index contributed by atoms with van der Waals surface area (Å²) in [6.45, 7) is 0. The van der Waals surface area contributed by atoms with Crippen LogP contribution in [0.25, 0.3) is 10.9 Å². The highest BCUT2D eigenvalue weighted by atomic mass is 16.1. The first-order valence-electron chi connectivity index (χ1n) is 6.03. The molecule has 2 aromatic heterocycles. The highest BCUT2D eigenvalue weighted by Gasteiger charge is 2.10. The van der Waals surface area contributed by atoms with Crippen molar-refractivity contribution in [2.24, 2.45) is 14.1 Å². The van der Waals surface area contributed by atoms with Gasteiger partial charge in [-0.25, -0.2) is 0 Å². The molecule has 0 bridgehead atoms. The lowest BCUT2D eigenvalue weighted by Crippen LogP contribution is -2.11. The highest BCUT2D eigenvalue weighted by Crippen LogP contribution is 2.16. The number of rotatable bonds is 2. The van der Waals surface area contributed by atoms with Crippen LogP contribution in [0, 0.1) is 0 Å². The summed E-state index contributed by atoms with van der Waals surface area (Å²) in [5.41, 5.74) is 1.65.